The first-order valence-electron chi connectivity index (χ1n) is 13.0. The highest BCUT2D eigenvalue weighted by atomic mass is 32.2. The summed E-state index contributed by atoms with van der Waals surface area (Å²) in [5.74, 6) is -1.31. The van der Waals surface area contributed by atoms with Gasteiger partial charge in [0.2, 0.25) is 12.7 Å². The Bertz CT molecular complexity index is 1090. The zero-order valence-electron chi connectivity index (χ0n) is 23.8. The minimum Gasteiger partial charge on any atom is -0.484 e. The van der Waals surface area contributed by atoms with Crippen LogP contribution in [0.25, 0.3) is 0 Å². The molecule has 1 saturated heterocycles. The molecule has 2 unspecified atom stereocenters. The fourth-order valence-electron chi connectivity index (χ4n) is 3.77. The average Bonchev–Trinajstić information content (AvgIpc) is 2.88. The quantitative estimate of drug-likeness (QED) is 0.143. The molecule has 1 aliphatic heterocycles. The van der Waals surface area contributed by atoms with Crippen LogP contribution < -0.4 is 10.1 Å². The summed E-state index contributed by atoms with van der Waals surface area (Å²) in [7, 11) is 0. The summed E-state index contributed by atoms with van der Waals surface area (Å²) < 4.78 is 20.2. The highest BCUT2D eigenvalue weighted by Crippen LogP contribution is 2.28. The molecule has 1 N–H and O–H groups in total. The number of ether oxygens (including phenoxy) is 4. The van der Waals surface area contributed by atoms with E-state index in [1.54, 1.807) is 38.3 Å². The van der Waals surface area contributed by atoms with Crippen molar-refractivity contribution in [2.24, 2.45) is 0 Å². The van der Waals surface area contributed by atoms with Gasteiger partial charge >= 0.3 is 17.9 Å². The summed E-state index contributed by atoms with van der Waals surface area (Å²) >= 11 is 1.35. The predicted molar refractivity (Wildman–Crippen MR) is 148 cm³/mol. The number of thioether (sulfide) groups is 1. The first-order valence-corrected chi connectivity index (χ1v) is 14.0. The number of rotatable bonds is 15. The van der Waals surface area contributed by atoms with Crippen LogP contribution in [0.15, 0.2) is 35.2 Å². The molecule has 1 fully saturated rings. The summed E-state index contributed by atoms with van der Waals surface area (Å²) in [4.78, 5) is 61.7. The average molecular weight is 579 g/mol. The molecular weight excluding hydrogens is 540 g/mol. The van der Waals surface area contributed by atoms with Gasteiger partial charge in [0.1, 0.15) is 18.3 Å². The molecule has 0 saturated carbocycles. The SMILES string of the molecule is CC(=O)OCOC(=O)CN1C(=O)C(NC(=O)COc2ccc(C(C)C)cc2)C1C(C)=CSCCC(=O)OC(C)C. The molecule has 2 amide bonds. The van der Waals surface area contributed by atoms with Crippen molar-refractivity contribution in [1.29, 1.82) is 0 Å². The highest BCUT2D eigenvalue weighted by Gasteiger charge is 2.49. The molecule has 1 heterocycles. The maximum Gasteiger partial charge on any atom is 0.328 e. The van der Waals surface area contributed by atoms with E-state index in [0.717, 1.165) is 5.56 Å². The third kappa shape index (κ3) is 10.6. The molecule has 0 aromatic heterocycles. The van der Waals surface area contributed by atoms with E-state index in [9.17, 15) is 24.0 Å². The van der Waals surface area contributed by atoms with Gasteiger partial charge in [0.05, 0.1) is 18.6 Å². The molecule has 0 spiro atoms. The number of carbonyl (C=O) groups is 5. The molecular formula is C28H38N2O9S. The predicted octanol–water partition coefficient (Wildman–Crippen LogP) is 2.93. The molecule has 2 atom stereocenters. The standard InChI is InChI=1S/C28H38N2O9S/c1-17(2)21-7-9-22(10-8-21)36-14-23(32)29-26-27(19(5)15-40-12-11-24(33)39-18(3)4)30(28(26)35)13-25(34)38-16-37-20(6)31/h7-10,15,17-18,26-27H,11-14,16H2,1-6H3,(H,29,32). The number of hydrogen-bond acceptors (Lipinski definition) is 10. The third-order valence-corrected chi connectivity index (χ3v) is 6.72. The van der Waals surface area contributed by atoms with Crippen molar-refractivity contribution in [1.82, 2.24) is 10.2 Å². The maximum absolute atomic E-state index is 12.9. The van der Waals surface area contributed by atoms with Crippen molar-refractivity contribution >= 4 is 41.5 Å². The van der Waals surface area contributed by atoms with Crippen molar-refractivity contribution in [2.75, 3.05) is 25.7 Å². The van der Waals surface area contributed by atoms with Crippen LogP contribution in [0.3, 0.4) is 0 Å². The summed E-state index contributed by atoms with van der Waals surface area (Å²) in [6, 6.07) is 5.88. The van der Waals surface area contributed by atoms with Crippen LogP contribution in [0.4, 0.5) is 0 Å². The molecule has 0 radical (unpaired) electrons. The second-order valence-corrected chi connectivity index (χ2v) is 10.7. The lowest BCUT2D eigenvalue weighted by Crippen LogP contribution is -2.72. The zero-order valence-corrected chi connectivity index (χ0v) is 24.6. The van der Waals surface area contributed by atoms with E-state index in [1.807, 2.05) is 12.1 Å². The largest absolute Gasteiger partial charge is 0.484 e. The molecule has 1 aromatic carbocycles. The van der Waals surface area contributed by atoms with Crippen LogP contribution in [-0.4, -0.2) is 78.5 Å². The Hall–Kier alpha value is -3.54. The van der Waals surface area contributed by atoms with Crippen LogP contribution in [0.5, 0.6) is 5.75 Å². The van der Waals surface area contributed by atoms with Crippen LogP contribution in [0.2, 0.25) is 0 Å². The lowest BCUT2D eigenvalue weighted by atomic mass is 9.89. The van der Waals surface area contributed by atoms with Gasteiger partial charge < -0.3 is 29.2 Å². The second-order valence-electron chi connectivity index (χ2n) is 9.76. The minimum atomic E-state index is -0.913. The molecule has 0 aliphatic carbocycles. The number of esters is 3. The fourth-order valence-corrected chi connectivity index (χ4v) is 4.58. The van der Waals surface area contributed by atoms with Gasteiger partial charge in [-0.25, -0.2) is 0 Å². The highest BCUT2D eigenvalue weighted by molar-refractivity contribution is 8.02. The molecule has 0 bridgehead atoms. The Labute approximate surface area is 238 Å². The topological polar surface area (TPSA) is 138 Å². The summed E-state index contributed by atoms with van der Waals surface area (Å²) in [6.45, 7) is 9.39. The van der Waals surface area contributed by atoms with E-state index >= 15 is 0 Å². The maximum atomic E-state index is 12.9. The Morgan fingerprint density at radius 2 is 1.70 bits per heavy atom. The second kappa shape index (κ2) is 15.9. The molecule has 220 valence electrons. The van der Waals surface area contributed by atoms with Gasteiger partial charge in [-0.05, 0) is 55.4 Å². The molecule has 12 heteroatoms. The first kappa shape index (κ1) is 32.7. The zero-order chi connectivity index (χ0) is 29.8. The van der Waals surface area contributed by atoms with E-state index in [1.165, 1.54) is 23.6 Å². The van der Waals surface area contributed by atoms with Crippen molar-refractivity contribution in [3.05, 3.63) is 40.8 Å². The van der Waals surface area contributed by atoms with E-state index < -0.39 is 49.2 Å². The van der Waals surface area contributed by atoms with Gasteiger partial charge in [0, 0.05) is 12.7 Å². The molecule has 11 nitrogen and oxygen atoms in total. The number of β-lactam (4-membered cyclic amide) rings is 1. The van der Waals surface area contributed by atoms with E-state index in [2.05, 4.69) is 23.9 Å². The number of nitrogens with one attached hydrogen (secondary N) is 1. The Balaban J connectivity index is 2.01. The number of hydrogen-bond donors (Lipinski definition) is 1. The summed E-state index contributed by atoms with van der Waals surface area (Å²) in [5, 5.41) is 4.47. The summed E-state index contributed by atoms with van der Waals surface area (Å²) in [5.41, 5.74) is 1.84. The summed E-state index contributed by atoms with van der Waals surface area (Å²) in [6.07, 6.45) is 0.00982. The lowest BCUT2D eigenvalue weighted by Gasteiger charge is -2.47. The number of likely N-dealkylation sites (tertiary alicyclic amines) is 1. The van der Waals surface area contributed by atoms with Gasteiger partial charge in [-0.3, -0.25) is 24.0 Å². The van der Waals surface area contributed by atoms with Gasteiger partial charge in [0.15, 0.2) is 6.61 Å². The van der Waals surface area contributed by atoms with E-state index in [0.29, 0.717) is 23.0 Å². The Morgan fingerprint density at radius 1 is 1.02 bits per heavy atom. The van der Waals surface area contributed by atoms with Crippen molar-refractivity contribution in [3.8, 4) is 5.75 Å². The normalized spacial score (nSPS) is 16.9. The third-order valence-electron chi connectivity index (χ3n) is 5.74. The van der Waals surface area contributed by atoms with Gasteiger partial charge in [0.25, 0.3) is 5.91 Å². The Morgan fingerprint density at radius 3 is 2.30 bits per heavy atom. The number of benzene rings is 1. The molecule has 2 rings (SSSR count). The van der Waals surface area contributed by atoms with Crippen molar-refractivity contribution in [3.63, 3.8) is 0 Å². The van der Waals surface area contributed by atoms with Crippen LogP contribution in [0.1, 0.15) is 59.4 Å². The van der Waals surface area contributed by atoms with Crippen LogP contribution in [-0.2, 0) is 38.2 Å². The molecule has 1 aliphatic rings. The smallest absolute Gasteiger partial charge is 0.328 e. The first-order chi connectivity index (χ1) is 18.9. The number of nitrogens with zero attached hydrogens (tertiary/aromatic N) is 1. The van der Waals surface area contributed by atoms with Crippen LogP contribution >= 0.6 is 11.8 Å². The Kier molecular flexibility index (Phi) is 13.0. The number of amides is 2. The fraction of sp³-hybridized carbons (Fsp3) is 0.536. The molecule has 1 aromatic rings. The van der Waals surface area contributed by atoms with Gasteiger partial charge in [-0.1, -0.05) is 26.0 Å². The monoisotopic (exact) mass is 578 g/mol. The molecule has 40 heavy (non-hydrogen) atoms. The minimum absolute atomic E-state index is 0.197. The van der Waals surface area contributed by atoms with Crippen molar-refractivity contribution in [2.45, 2.75) is 72.1 Å². The number of carbonyl (C=O) groups excluding carboxylic acids is 5. The van der Waals surface area contributed by atoms with E-state index in [4.69, 9.17) is 14.2 Å². The van der Waals surface area contributed by atoms with E-state index in [-0.39, 0.29) is 25.1 Å². The van der Waals surface area contributed by atoms with Crippen LogP contribution in [0, 0.1) is 0 Å². The van der Waals surface area contributed by atoms with Gasteiger partial charge in [-0.2, -0.15) is 0 Å². The van der Waals surface area contributed by atoms with Crippen molar-refractivity contribution < 1.29 is 42.9 Å². The van der Waals surface area contributed by atoms with Gasteiger partial charge in [-0.15, -0.1) is 11.8 Å². The lowest BCUT2D eigenvalue weighted by molar-refractivity contribution is -0.171.